The Labute approximate surface area is 87.2 Å². The Morgan fingerprint density at radius 1 is 1.53 bits per heavy atom. The summed E-state index contributed by atoms with van der Waals surface area (Å²) < 4.78 is 10.6. The molecule has 6 nitrogen and oxygen atoms in total. The van der Waals surface area contributed by atoms with E-state index in [0.29, 0.717) is 17.8 Å². The van der Waals surface area contributed by atoms with Gasteiger partial charge in [0.15, 0.2) is 5.82 Å². The molecule has 82 valence electrons. The number of nitrogens with one attached hydrogen (secondary N) is 1. The second-order valence-corrected chi connectivity index (χ2v) is 4.18. The van der Waals surface area contributed by atoms with Gasteiger partial charge in [-0.1, -0.05) is 5.16 Å². The van der Waals surface area contributed by atoms with Gasteiger partial charge in [0.05, 0.1) is 12.1 Å². The van der Waals surface area contributed by atoms with Crippen molar-refractivity contribution in [3.63, 3.8) is 0 Å². The van der Waals surface area contributed by atoms with Crippen molar-refractivity contribution in [3.8, 4) is 0 Å². The highest BCUT2D eigenvalue weighted by Gasteiger charge is 2.52. The maximum Gasteiger partial charge on any atom is 0.321 e. The number of nitrogens with two attached hydrogens (primary N) is 1. The van der Waals surface area contributed by atoms with Gasteiger partial charge in [-0.25, -0.2) is 0 Å². The molecule has 0 radical (unpaired) electrons. The number of hydrogen-bond acceptors (Lipinski definition) is 6. The van der Waals surface area contributed by atoms with Gasteiger partial charge in [0.2, 0.25) is 0 Å². The molecule has 6 heteroatoms. The van der Waals surface area contributed by atoms with Crippen LogP contribution in [0.2, 0.25) is 0 Å². The van der Waals surface area contributed by atoms with Crippen LogP contribution in [-0.2, 0) is 4.74 Å². The van der Waals surface area contributed by atoms with E-state index >= 15 is 0 Å². The predicted octanol–water partition coefficient (Wildman–Crippen LogP) is -0.0955. The summed E-state index contributed by atoms with van der Waals surface area (Å²) in [7, 11) is 0. The van der Waals surface area contributed by atoms with E-state index in [1.54, 1.807) is 6.92 Å². The van der Waals surface area contributed by atoms with Crippen molar-refractivity contribution in [1.82, 2.24) is 10.1 Å². The van der Waals surface area contributed by atoms with Gasteiger partial charge >= 0.3 is 6.01 Å². The lowest BCUT2D eigenvalue weighted by Gasteiger charge is -2.45. The first-order valence-corrected chi connectivity index (χ1v) is 5.20. The molecular weight excluding hydrogens is 196 g/mol. The standard InChI is InChI=1S/C9H14N4O2/c1-4-11-9(15-13-4)12-7-6(10)5-2-3-14-8(5)7/h5-8H,2-3,10H2,1H3,(H,11,12,13). The average Bonchev–Trinajstić information content (AvgIpc) is 2.80. The Kier molecular flexibility index (Phi) is 1.93. The number of aromatic nitrogens is 2. The lowest BCUT2D eigenvalue weighted by molar-refractivity contribution is 0.00436. The summed E-state index contributed by atoms with van der Waals surface area (Å²) in [4.78, 5) is 4.08. The fourth-order valence-electron chi connectivity index (χ4n) is 2.43. The van der Waals surface area contributed by atoms with E-state index in [0.717, 1.165) is 13.0 Å². The number of fused-ring (bicyclic) bond motifs is 1. The van der Waals surface area contributed by atoms with Gasteiger partial charge in [0.1, 0.15) is 0 Å². The summed E-state index contributed by atoms with van der Waals surface area (Å²) in [6, 6.07) is 0.670. The molecule has 2 aliphatic rings. The van der Waals surface area contributed by atoms with E-state index in [-0.39, 0.29) is 18.2 Å². The van der Waals surface area contributed by atoms with Crippen molar-refractivity contribution in [1.29, 1.82) is 0 Å². The highest BCUT2D eigenvalue weighted by Crippen LogP contribution is 2.39. The molecule has 1 aromatic rings. The van der Waals surface area contributed by atoms with Gasteiger partial charge in [-0.2, -0.15) is 4.98 Å². The average molecular weight is 210 g/mol. The maximum atomic E-state index is 6.03. The first kappa shape index (κ1) is 9.11. The van der Waals surface area contributed by atoms with E-state index < -0.39 is 0 Å². The molecule has 0 bridgehead atoms. The highest BCUT2D eigenvalue weighted by molar-refractivity contribution is 5.28. The second-order valence-electron chi connectivity index (χ2n) is 4.18. The lowest BCUT2D eigenvalue weighted by Crippen LogP contribution is -2.65. The second kappa shape index (κ2) is 3.18. The molecule has 0 aromatic carbocycles. The Balaban J connectivity index is 1.69. The van der Waals surface area contributed by atoms with Crippen LogP contribution in [0, 0.1) is 12.8 Å². The van der Waals surface area contributed by atoms with Crippen LogP contribution in [0.25, 0.3) is 0 Å². The van der Waals surface area contributed by atoms with Crippen molar-refractivity contribution in [3.05, 3.63) is 5.82 Å². The molecule has 1 aliphatic heterocycles. The molecule has 15 heavy (non-hydrogen) atoms. The van der Waals surface area contributed by atoms with E-state index in [4.69, 9.17) is 15.0 Å². The molecule has 1 aliphatic carbocycles. The number of aryl methyl sites for hydroxylation is 1. The monoisotopic (exact) mass is 210 g/mol. The third-order valence-corrected chi connectivity index (χ3v) is 3.26. The maximum absolute atomic E-state index is 6.03. The molecule has 0 spiro atoms. The Hall–Kier alpha value is -1.14. The molecule has 3 N–H and O–H groups in total. The lowest BCUT2D eigenvalue weighted by atomic mass is 9.72. The van der Waals surface area contributed by atoms with Gasteiger partial charge in [-0.15, -0.1) is 0 Å². The quantitative estimate of drug-likeness (QED) is 0.709. The topological polar surface area (TPSA) is 86.2 Å². The van der Waals surface area contributed by atoms with Crippen LogP contribution >= 0.6 is 0 Å². The third-order valence-electron chi connectivity index (χ3n) is 3.26. The zero-order valence-corrected chi connectivity index (χ0v) is 8.51. The zero-order valence-electron chi connectivity index (χ0n) is 8.51. The van der Waals surface area contributed by atoms with Crippen LogP contribution in [0.1, 0.15) is 12.2 Å². The van der Waals surface area contributed by atoms with Crippen molar-refractivity contribution < 1.29 is 9.26 Å². The molecule has 1 saturated carbocycles. The summed E-state index contributed by atoms with van der Waals surface area (Å²) in [5.41, 5.74) is 6.03. The Morgan fingerprint density at radius 3 is 3.13 bits per heavy atom. The molecular formula is C9H14N4O2. The molecule has 1 aromatic heterocycles. The van der Waals surface area contributed by atoms with Gasteiger partial charge < -0.3 is 20.3 Å². The van der Waals surface area contributed by atoms with Crippen molar-refractivity contribution in [2.45, 2.75) is 31.5 Å². The summed E-state index contributed by atoms with van der Waals surface area (Å²) in [5, 5.41) is 6.84. The van der Waals surface area contributed by atoms with Crippen molar-refractivity contribution >= 4 is 6.01 Å². The van der Waals surface area contributed by atoms with Crippen LogP contribution < -0.4 is 11.1 Å². The minimum atomic E-state index is 0.109. The van der Waals surface area contributed by atoms with Crippen LogP contribution in [0.15, 0.2) is 4.52 Å². The van der Waals surface area contributed by atoms with Crippen LogP contribution in [0.3, 0.4) is 0 Å². The minimum Gasteiger partial charge on any atom is -0.376 e. The molecule has 4 atom stereocenters. The highest BCUT2D eigenvalue weighted by atomic mass is 16.5. The zero-order chi connectivity index (χ0) is 10.4. The van der Waals surface area contributed by atoms with Gasteiger partial charge in [-0.3, -0.25) is 0 Å². The number of hydrogen-bond donors (Lipinski definition) is 2. The number of nitrogens with zero attached hydrogens (tertiary/aromatic N) is 2. The minimum absolute atomic E-state index is 0.109. The van der Waals surface area contributed by atoms with Crippen LogP contribution in [-0.4, -0.2) is 34.9 Å². The van der Waals surface area contributed by atoms with Crippen molar-refractivity contribution in [2.24, 2.45) is 11.7 Å². The smallest absolute Gasteiger partial charge is 0.321 e. The molecule has 0 amide bonds. The largest absolute Gasteiger partial charge is 0.376 e. The number of anilines is 1. The normalized spacial score (nSPS) is 38.5. The first-order chi connectivity index (χ1) is 7.25. The van der Waals surface area contributed by atoms with E-state index in [2.05, 4.69) is 15.5 Å². The van der Waals surface area contributed by atoms with Gasteiger partial charge in [0.25, 0.3) is 0 Å². The van der Waals surface area contributed by atoms with Crippen LogP contribution in [0.5, 0.6) is 0 Å². The Bertz CT molecular complexity index is 367. The van der Waals surface area contributed by atoms with E-state index in [1.165, 1.54) is 0 Å². The Morgan fingerprint density at radius 2 is 2.40 bits per heavy atom. The molecule has 2 heterocycles. The summed E-state index contributed by atoms with van der Waals surface area (Å²) in [5.74, 6) is 1.11. The van der Waals surface area contributed by atoms with Crippen molar-refractivity contribution in [2.75, 3.05) is 11.9 Å². The fraction of sp³-hybridized carbons (Fsp3) is 0.778. The SMILES string of the molecule is Cc1noc(NC2C(N)C3CCOC32)n1. The third kappa shape index (κ3) is 1.32. The number of ether oxygens (including phenoxy) is 1. The van der Waals surface area contributed by atoms with E-state index in [9.17, 15) is 0 Å². The molecule has 2 fully saturated rings. The molecule has 1 saturated heterocycles. The first-order valence-electron chi connectivity index (χ1n) is 5.20. The summed E-state index contributed by atoms with van der Waals surface area (Å²) in [6.45, 7) is 2.59. The van der Waals surface area contributed by atoms with Crippen LogP contribution in [0.4, 0.5) is 6.01 Å². The van der Waals surface area contributed by atoms with E-state index in [1.807, 2.05) is 0 Å². The fourth-order valence-corrected chi connectivity index (χ4v) is 2.43. The summed E-state index contributed by atoms with van der Waals surface area (Å²) in [6.07, 6.45) is 1.28. The molecule has 3 rings (SSSR count). The van der Waals surface area contributed by atoms with Gasteiger partial charge in [0, 0.05) is 18.6 Å². The van der Waals surface area contributed by atoms with Gasteiger partial charge in [-0.05, 0) is 13.3 Å². The number of rotatable bonds is 2. The molecule has 4 unspecified atom stereocenters. The summed E-state index contributed by atoms with van der Waals surface area (Å²) >= 11 is 0. The predicted molar refractivity (Wildman–Crippen MR) is 52.3 cm³/mol.